The molecule has 0 aliphatic heterocycles. The molecule has 0 radical (unpaired) electrons. The van der Waals surface area contributed by atoms with Crippen molar-refractivity contribution in [2.24, 2.45) is 0 Å². The lowest BCUT2D eigenvalue weighted by Crippen LogP contribution is -2.26. The maximum absolute atomic E-state index is 13.9. The van der Waals surface area contributed by atoms with Gasteiger partial charge in [-0.05, 0) is 12.8 Å². The summed E-state index contributed by atoms with van der Waals surface area (Å²) in [6.07, 6.45) is 1.96. The molecule has 96 valence electrons. The topological polar surface area (TPSA) is 38.5 Å². The number of nitrogens with two attached hydrogens (primary N) is 1. The minimum atomic E-state index is -0.287. The fraction of sp³-hybridized carbons (Fsp3) is 0.538. The van der Waals surface area contributed by atoms with E-state index in [-0.39, 0.29) is 5.82 Å². The third-order valence-electron chi connectivity index (χ3n) is 2.63. The number of hydrogen-bond acceptors (Lipinski definition) is 3. The first kappa shape index (κ1) is 13.6. The van der Waals surface area contributed by atoms with E-state index >= 15 is 0 Å². The highest BCUT2D eigenvalue weighted by molar-refractivity contribution is 5.63. The van der Waals surface area contributed by atoms with Crippen LogP contribution >= 0.6 is 0 Å². The second-order valence-corrected chi connectivity index (χ2v) is 4.03. The van der Waals surface area contributed by atoms with Crippen LogP contribution in [0.5, 0.6) is 5.75 Å². The van der Waals surface area contributed by atoms with Gasteiger partial charge in [-0.25, -0.2) is 4.39 Å². The van der Waals surface area contributed by atoms with Crippen LogP contribution < -0.4 is 15.4 Å². The molecule has 0 aliphatic carbocycles. The molecule has 1 rings (SSSR count). The van der Waals surface area contributed by atoms with Crippen molar-refractivity contribution in [2.45, 2.75) is 26.7 Å². The van der Waals surface area contributed by atoms with Crippen LogP contribution in [0.4, 0.5) is 15.8 Å². The molecule has 2 N–H and O–H groups in total. The molecule has 1 aromatic carbocycles. The fourth-order valence-electron chi connectivity index (χ4n) is 1.87. The monoisotopic (exact) mass is 240 g/mol. The number of halogens is 1. The number of ether oxygens (including phenoxy) is 1. The highest BCUT2D eigenvalue weighted by Gasteiger charge is 2.13. The number of hydrogen-bond donors (Lipinski definition) is 1. The normalized spacial score (nSPS) is 10.4. The van der Waals surface area contributed by atoms with Crippen molar-refractivity contribution in [1.82, 2.24) is 0 Å². The van der Waals surface area contributed by atoms with Gasteiger partial charge in [0.1, 0.15) is 11.6 Å². The first-order valence-corrected chi connectivity index (χ1v) is 6.02. The Balaban J connectivity index is 3.08. The molecule has 0 saturated carbocycles. The molecule has 0 amide bonds. The van der Waals surface area contributed by atoms with Crippen LogP contribution in [-0.2, 0) is 0 Å². The van der Waals surface area contributed by atoms with Gasteiger partial charge < -0.3 is 15.4 Å². The first-order chi connectivity index (χ1) is 8.13. The molecular weight excluding hydrogens is 219 g/mol. The Morgan fingerprint density at radius 2 is 1.82 bits per heavy atom. The summed E-state index contributed by atoms with van der Waals surface area (Å²) in [6, 6.07) is 3.00. The predicted molar refractivity (Wildman–Crippen MR) is 70.2 cm³/mol. The van der Waals surface area contributed by atoms with Crippen molar-refractivity contribution in [3.8, 4) is 5.75 Å². The van der Waals surface area contributed by atoms with E-state index in [0.717, 1.165) is 25.9 Å². The summed E-state index contributed by atoms with van der Waals surface area (Å²) in [5.74, 6) is 0.240. The molecule has 0 atom stereocenters. The smallest absolute Gasteiger partial charge is 0.148 e. The van der Waals surface area contributed by atoms with Crippen molar-refractivity contribution >= 4 is 11.4 Å². The Labute approximate surface area is 102 Å². The van der Waals surface area contributed by atoms with E-state index in [0.29, 0.717) is 17.1 Å². The summed E-state index contributed by atoms with van der Waals surface area (Å²) in [7, 11) is 1.54. The third kappa shape index (κ3) is 3.25. The van der Waals surface area contributed by atoms with Crippen LogP contribution in [0.3, 0.4) is 0 Å². The number of rotatable bonds is 6. The van der Waals surface area contributed by atoms with Gasteiger partial charge in [0.15, 0.2) is 0 Å². The summed E-state index contributed by atoms with van der Waals surface area (Å²) < 4.78 is 19.0. The Morgan fingerprint density at radius 1 is 1.24 bits per heavy atom. The van der Waals surface area contributed by atoms with E-state index in [1.807, 2.05) is 4.90 Å². The SMILES string of the molecule is CCCN(CCC)c1cc(OC)c(N)cc1F. The highest BCUT2D eigenvalue weighted by Crippen LogP contribution is 2.30. The van der Waals surface area contributed by atoms with Gasteiger partial charge in [-0.3, -0.25) is 0 Å². The molecule has 4 heteroatoms. The lowest BCUT2D eigenvalue weighted by molar-refractivity contribution is 0.416. The van der Waals surface area contributed by atoms with E-state index in [9.17, 15) is 4.39 Å². The second-order valence-electron chi connectivity index (χ2n) is 4.03. The average Bonchev–Trinajstić information content (AvgIpc) is 2.29. The molecule has 0 bridgehead atoms. The molecule has 3 nitrogen and oxygen atoms in total. The molecule has 0 aliphatic rings. The zero-order chi connectivity index (χ0) is 12.8. The molecular formula is C13H21FN2O. The maximum Gasteiger partial charge on any atom is 0.148 e. The lowest BCUT2D eigenvalue weighted by atomic mass is 10.2. The van der Waals surface area contributed by atoms with E-state index < -0.39 is 0 Å². The molecule has 1 aromatic rings. The van der Waals surface area contributed by atoms with Crippen LogP contribution in [0.2, 0.25) is 0 Å². The fourth-order valence-corrected chi connectivity index (χ4v) is 1.87. The van der Waals surface area contributed by atoms with Crippen molar-refractivity contribution in [1.29, 1.82) is 0 Å². The van der Waals surface area contributed by atoms with E-state index in [1.54, 1.807) is 6.07 Å². The number of methoxy groups -OCH3 is 1. The third-order valence-corrected chi connectivity index (χ3v) is 2.63. The number of nitrogens with zero attached hydrogens (tertiary/aromatic N) is 1. The van der Waals surface area contributed by atoms with Gasteiger partial charge in [0.05, 0.1) is 18.5 Å². The maximum atomic E-state index is 13.9. The average molecular weight is 240 g/mol. The van der Waals surface area contributed by atoms with Crippen molar-refractivity contribution in [3.05, 3.63) is 17.9 Å². The van der Waals surface area contributed by atoms with E-state index in [4.69, 9.17) is 10.5 Å². The molecule has 0 aromatic heterocycles. The van der Waals surface area contributed by atoms with Gasteiger partial charge >= 0.3 is 0 Å². The largest absolute Gasteiger partial charge is 0.495 e. The van der Waals surface area contributed by atoms with Crippen molar-refractivity contribution < 1.29 is 9.13 Å². The quantitative estimate of drug-likeness (QED) is 0.777. The van der Waals surface area contributed by atoms with Crippen molar-refractivity contribution in [2.75, 3.05) is 30.8 Å². The molecule has 0 fully saturated rings. The Hall–Kier alpha value is -1.45. The van der Waals surface area contributed by atoms with Gasteiger partial charge in [0, 0.05) is 25.2 Å². The number of benzene rings is 1. The minimum absolute atomic E-state index is 0.287. The molecule has 0 spiro atoms. The van der Waals surface area contributed by atoms with Gasteiger partial charge in [-0.2, -0.15) is 0 Å². The summed E-state index contributed by atoms with van der Waals surface area (Å²) >= 11 is 0. The summed E-state index contributed by atoms with van der Waals surface area (Å²) in [5.41, 5.74) is 6.57. The van der Waals surface area contributed by atoms with Gasteiger partial charge in [0.25, 0.3) is 0 Å². The Morgan fingerprint density at radius 3 is 2.29 bits per heavy atom. The van der Waals surface area contributed by atoms with Crippen LogP contribution in [0, 0.1) is 5.82 Å². The second kappa shape index (κ2) is 6.33. The van der Waals surface area contributed by atoms with Crippen LogP contribution in [-0.4, -0.2) is 20.2 Å². The van der Waals surface area contributed by atoms with E-state index in [2.05, 4.69) is 13.8 Å². The van der Waals surface area contributed by atoms with Crippen LogP contribution in [0.25, 0.3) is 0 Å². The zero-order valence-electron chi connectivity index (χ0n) is 10.8. The van der Waals surface area contributed by atoms with Gasteiger partial charge in [-0.15, -0.1) is 0 Å². The molecule has 0 unspecified atom stereocenters. The summed E-state index contributed by atoms with van der Waals surface area (Å²) in [5, 5.41) is 0. The summed E-state index contributed by atoms with van der Waals surface area (Å²) in [4.78, 5) is 2.03. The van der Waals surface area contributed by atoms with Crippen LogP contribution in [0.1, 0.15) is 26.7 Å². The summed E-state index contributed by atoms with van der Waals surface area (Å²) in [6.45, 7) is 5.82. The van der Waals surface area contributed by atoms with Crippen molar-refractivity contribution in [3.63, 3.8) is 0 Å². The first-order valence-electron chi connectivity index (χ1n) is 6.02. The Bertz CT molecular complexity index is 363. The van der Waals surface area contributed by atoms with E-state index in [1.165, 1.54) is 13.2 Å². The number of anilines is 2. The molecule has 0 heterocycles. The molecule has 0 saturated heterocycles. The molecule has 17 heavy (non-hydrogen) atoms. The zero-order valence-corrected chi connectivity index (χ0v) is 10.8. The minimum Gasteiger partial charge on any atom is -0.495 e. The van der Waals surface area contributed by atoms with Gasteiger partial charge in [-0.1, -0.05) is 13.8 Å². The standard InChI is InChI=1S/C13H21FN2O/c1-4-6-16(7-5-2)12-9-13(17-3)11(15)8-10(12)14/h8-9H,4-7,15H2,1-3H3. The Kier molecular flexibility index (Phi) is 5.07. The van der Waals surface area contributed by atoms with Crippen LogP contribution in [0.15, 0.2) is 12.1 Å². The van der Waals surface area contributed by atoms with Gasteiger partial charge in [0.2, 0.25) is 0 Å². The predicted octanol–water partition coefficient (Wildman–Crippen LogP) is 3.04. The number of nitrogen functional groups attached to an aromatic ring is 1. The highest BCUT2D eigenvalue weighted by atomic mass is 19.1. The lowest BCUT2D eigenvalue weighted by Gasteiger charge is -2.25.